The van der Waals surface area contributed by atoms with E-state index in [4.69, 9.17) is 10.00 Å². The summed E-state index contributed by atoms with van der Waals surface area (Å²) in [6, 6.07) is 7.25. The molecule has 102 valence electrons. The van der Waals surface area contributed by atoms with Gasteiger partial charge in [0.05, 0.1) is 18.7 Å². The first-order chi connectivity index (χ1) is 8.99. The van der Waals surface area contributed by atoms with Gasteiger partial charge in [0.2, 0.25) is 5.91 Å². The molecule has 0 heterocycles. The van der Waals surface area contributed by atoms with Gasteiger partial charge in [-0.15, -0.1) is 0 Å². The van der Waals surface area contributed by atoms with E-state index in [1.165, 1.54) is 0 Å². The summed E-state index contributed by atoms with van der Waals surface area (Å²) in [5.74, 6) is 0.935. The van der Waals surface area contributed by atoms with Crippen LogP contribution in [-0.4, -0.2) is 13.0 Å². The van der Waals surface area contributed by atoms with E-state index in [2.05, 4.69) is 11.4 Å². The Balaban J connectivity index is 2.73. The van der Waals surface area contributed by atoms with Crippen LogP contribution in [0.3, 0.4) is 0 Å². The molecule has 1 atom stereocenters. The van der Waals surface area contributed by atoms with Crippen LogP contribution in [-0.2, 0) is 11.3 Å². The lowest BCUT2D eigenvalue weighted by Gasteiger charge is -2.16. The lowest BCUT2D eigenvalue weighted by molar-refractivity contribution is -0.125. The number of ether oxygens (including phenoxy) is 1. The summed E-state index contributed by atoms with van der Waals surface area (Å²) >= 11 is 0. The predicted octanol–water partition coefficient (Wildman–Crippen LogP) is 2.48. The molecule has 1 aromatic rings. The van der Waals surface area contributed by atoms with Gasteiger partial charge in [-0.25, -0.2) is 0 Å². The molecule has 1 aromatic carbocycles. The van der Waals surface area contributed by atoms with Crippen molar-refractivity contribution in [3.63, 3.8) is 0 Å². The number of methoxy groups -OCH3 is 1. The first-order valence-electron chi connectivity index (χ1n) is 6.34. The van der Waals surface area contributed by atoms with Crippen LogP contribution in [0.15, 0.2) is 18.2 Å². The van der Waals surface area contributed by atoms with Gasteiger partial charge >= 0.3 is 0 Å². The van der Waals surface area contributed by atoms with Gasteiger partial charge in [0, 0.05) is 18.0 Å². The van der Waals surface area contributed by atoms with Gasteiger partial charge in [-0.3, -0.25) is 4.79 Å². The molecule has 1 unspecified atom stereocenters. The van der Waals surface area contributed by atoms with Crippen molar-refractivity contribution in [3.8, 4) is 11.8 Å². The van der Waals surface area contributed by atoms with E-state index in [1.54, 1.807) is 25.3 Å². The van der Waals surface area contributed by atoms with Crippen molar-refractivity contribution in [2.45, 2.75) is 27.3 Å². The van der Waals surface area contributed by atoms with Gasteiger partial charge in [0.25, 0.3) is 0 Å². The summed E-state index contributed by atoms with van der Waals surface area (Å²) in [6.45, 7) is 6.36. The minimum atomic E-state index is -0.0237. The van der Waals surface area contributed by atoms with Crippen LogP contribution < -0.4 is 10.1 Å². The molecule has 1 rings (SSSR count). The molecule has 0 aliphatic carbocycles. The molecule has 0 radical (unpaired) electrons. The first-order valence-corrected chi connectivity index (χ1v) is 6.34. The molecule has 19 heavy (non-hydrogen) atoms. The Morgan fingerprint density at radius 2 is 2.11 bits per heavy atom. The lowest BCUT2D eigenvalue weighted by Crippen LogP contribution is -2.31. The van der Waals surface area contributed by atoms with Gasteiger partial charge < -0.3 is 10.1 Å². The number of amides is 1. The van der Waals surface area contributed by atoms with Gasteiger partial charge in [0.1, 0.15) is 5.75 Å². The van der Waals surface area contributed by atoms with E-state index in [0.29, 0.717) is 23.8 Å². The largest absolute Gasteiger partial charge is 0.496 e. The van der Waals surface area contributed by atoms with E-state index in [0.717, 1.165) is 5.56 Å². The van der Waals surface area contributed by atoms with Crippen LogP contribution >= 0.6 is 0 Å². The summed E-state index contributed by atoms with van der Waals surface area (Å²) < 4.78 is 5.23. The molecule has 1 amide bonds. The van der Waals surface area contributed by atoms with Crippen LogP contribution in [0.4, 0.5) is 0 Å². The maximum absolute atomic E-state index is 11.9. The van der Waals surface area contributed by atoms with Gasteiger partial charge in [-0.2, -0.15) is 5.26 Å². The van der Waals surface area contributed by atoms with E-state index in [1.807, 2.05) is 20.8 Å². The zero-order valence-corrected chi connectivity index (χ0v) is 11.9. The molecule has 1 N–H and O–H groups in total. The Morgan fingerprint density at radius 1 is 1.42 bits per heavy atom. The number of benzene rings is 1. The fourth-order valence-corrected chi connectivity index (χ4v) is 1.61. The molecule has 0 saturated carbocycles. The third kappa shape index (κ3) is 3.99. The normalized spacial score (nSPS) is 11.8. The van der Waals surface area contributed by atoms with Crippen LogP contribution in [0.2, 0.25) is 0 Å². The molecule has 0 aliphatic rings. The zero-order chi connectivity index (χ0) is 14.4. The summed E-state index contributed by atoms with van der Waals surface area (Å²) in [6.07, 6.45) is 0. The SMILES string of the molecule is COc1cc(C#N)ccc1CNC(=O)C(C)C(C)C. The fourth-order valence-electron chi connectivity index (χ4n) is 1.61. The average Bonchev–Trinajstić information content (AvgIpc) is 2.43. The van der Waals surface area contributed by atoms with Crippen LogP contribution in [0.25, 0.3) is 0 Å². The van der Waals surface area contributed by atoms with E-state index in [9.17, 15) is 4.79 Å². The van der Waals surface area contributed by atoms with Crippen molar-refractivity contribution < 1.29 is 9.53 Å². The highest BCUT2D eigenvalue weighted by Gasteiger charge is 2.16. The van der Waals surface area contributed by atoms with Gasteiger partial charge in [-0.05, 0) is 18.1 Å². The monoisotopic (exact) mass is 260 g/mol. The molecule has 0 bridgehead atoms. The number of carbonyl (C=O) groups is 1. The number of carbonyl (C=O) groups excluding carboxylic acids is 1. The second kappa shape index (κ2) is 6.79. The third-order valence-electron chi connectivity index (χ3n) is 3.28. The Morgan fingerprint density at radius 3 is 2.63 bits per heavy atom. The van der Waals surface area contributed by atoms with Gasteiger partial charge in [0.15, 0.2) is 0 Å². The lowest BCUT2D eigenvalue weighted by atomic mass is 9.97. The Labute approximate surface area is 114 Å². The maximum atomic E-state index is 11.9. The second-order valence-corrected chi connectivity index (χ2v) is 4.89. The van der Waals surface area contributed by atoms with Crippen molar-refractivity contribution in [2.24, 2.45) is 11.8 Å². The summed E-state index contributed by atoms with van der Waals surface area (Å²) in [5, 5.41) is 11.7. The fraction of sp³-hybridized carbons (Fsp3) is 0.467. The Bertz CT molecular complexity index is 489. The quantitative estimate of drug-likeness (QED) is 0.884. The van der Waals surface area contributed by atoms with Crippen LogP contribution in [0, 0.1) is 23.2 Å². The Hall–Kier alpha value is -2.02. The van der Waals surface area contributed by atoms with E-state index in [-0.39, 0.29) is 11.8 Å². The summed E-state index contributed by atoms with van der Waals surface area (Å²) in [7, 11) is 1.55. The van der Waals surface area contributed by atoms with Crippen molar-refractivity contribution in [1.29, 1.82) is 5.26 Å². The number of nitriles is 1. The number of hydrogen-bond donors (Lipinski definition) is 1. The number of rotatable bonds is 5. The molecule has 4 heteroatoms. The highest BCUT2D eigenvalue weighted by atomic mass is 16.5. The van der Waals surface area contributed by atoms with Crippen LogP contribution in [0.1, 0.15) is 31.9 Å². The molecular weight excluding hydrogens is 240 g/mol. The van der Waals surface area contributed by atoms with Crippen LogP contribution in [0.5, 0.6) is 5.75 Å². The summed E-state index contributed by atoms with van der Waals surface area (Å²) in [4.78, 5) is 11.9. The van der Waals surface area contributed by atoms with Crippen molar-refractivity contribution >= 4 is 5.91 Å². The molecule has 0 saturated heterocycles. The first kappa shape index (κ1) is 15.0. The summed E-state index contributed by atoms with van der Waals surface area (Å²) in [5.41, 5.74) is 1.41. The minimum Gasteiger partial charge on any atom is -0.496 e. The topological polar surface area (TPSA) is 62.1 Å². The smallest absolute Gasteiger partial charge is 0.223 e. The highest BCUT2D eigenvalue weighted by molar-refractivity contribution is 5.78. The molecule has 0 spiro atoms. The van der Waals surface area contributed by atoms with Gasteiger partial charge in [-0.1, -0.05) is 26.8 Å². The molecule has 0 aromatic heterocycles. The minimum absolute atomic E-state index is 0.0237. The predicted molar refractivity (Wildman–Crippen MR) is 73.6 cm³/mol. The number of nitrogens with zero attached hydrogens (tertiary/aromatic N) is 1. The van der Waals surface area contributed by atoms with Crippen molar-refractivity contribution in [1.82, 2.24) is 5.32 Å². The van der Waals surface area contributed by atoms with E-state index < -0.39 is 0 Å². The van der Waals surface area contributed by atoms with E-state index >= 15 is 0 Å². The zero-order valence-electron chi connectivity index (χ0n) is 11.9. The second-order valence-electron chi connectivity index (χ2n) is 4.89. The number of hydrogen-bond acceptors (Lipinski definition) is 3. The Kier molecular flexibility index (Phi) is 5.37. The maximum Gasteiger partial charge on any atom is 0.223 e. The standard InChI is InChI=1S/C15H20N2O2/c1-10(2)11(3)15(18)17-9-13-6-5-12(8-16)7-14(13)19-4/h5-7,10-11H,9H2,1-4H3,(H,17,18). The van der Waals surface area contributed by atoms with Crippen molar-refractivity contribution in [2.75, 3.05) is 7.11 Å². The highest BCUT2D eigenvalue weighted by Crippen LogP contribution is 2.20. The molecule has 0 aliphatic heterocycles. The van der Waals surface area contributed by atoms with Crippen molar-refractivity contribution in [3.05, 3.63) is 29.3 Å². The third-order valence-corrected chi connectivity index (χ3v) is 3.28. The molecular formula is C15H20N2O2. The molecule has 0 fully saturated rings. The number of nitrogens with one attached hydrogen (secondary N) is 1. The average molecular weight is 260 g/mol. The molecule has 4 nitrogen and oxygen atoms in total.